The molecule has 1 aliphatic heterocycles. The highest BCUT2D eigenvalue weighted by molar-refractivity contribution is 6.17. The van der Waals surface area contributed by atoms with Gasteiger partial charge < -0.3 is 33.5 Å². The minimum absolute atomic E-state index is 0. The second-order valence-electron chi connectivity index (χ2n) is 10.9. The number of aromatic nitrogens is 9. The first-order valence-electron chi connectivity index (χ1n) is 16.8. The van der Waals surface area contributed by atoms with Crippen molar-refractivity contribution in [1.29, 1.82) is 0 Å². The van der Waals surface area contributed by atoms with Gasteiger partial charge in [-0.15, -0.1) is 33.3 Å². The summed E-state index contributed by atoms with van der Waals surface area (Å²) in [5.41, 5.74) is 3.18. The Hall–Kier alpha value is -6.36. The van der Waals surface area contributed by atoms with Crippen LogP contribution in [-0.2, 0) is 56.9 Å². The Balaban J connectivity index is 0.000000708. The van der Waals surface area contributed by atoms with Crippen molar-refractivity contribution in [1.82, 2.24) is 45.0 Å². The third-order valence-corrected chi connectivity index (χ3v) is 7.00. The highest BCUT2D eigenvalue weighted by atomic mass is 35.5. The van der Waals surface area contributed by atoms with E-state index in [1.165, 1.54) is 45.0 Å². The average Bonchev–Trinajstić information content (AvgIpc) is 4.12. The molecule has 2 aromatic carbocycles. The Morgan fingerprint density at radius 1 is 0.741 bits per heavy atom. The van der Waals surface area contributed by atoms with Crippen molar-refractivity contribution in [3.05, 3.63) is 95.3 Å². The number of halogens is 1. The fourth-order valence-electron chi connectivity index (χ4n) is 3.79. The van der Waals surface area contributed by atoms with Gasteiger partial charge in [-0.2, -0.15) is 0 Å². The summed E-state index contributed by atoms with van der Waals surface area (Å²) in [5.74, 6) is 2.40. The van der Waals surface area contributed by atoms with Crippen molar-refractivity contribution in [3.63, 3.8) is 0 Å². The molecule has 0 aliphatic carbocycles. The lowest BCUT2D eigenvalue weighted by Gasteiger charge is -2.02. The maximum absolute atomic E-state index is 11.2. The smallest absolute Gasteiger partial charge is 0.383 e. The van der Waals surface area contributed by atoms with Crippen LogP contribution >= 0.6 is 11.6 Å². The molecule has 0 atom stereocenters. The maximum atomic E-state index is 11.2. The molecule has 316 valence electrons. The van der Waals surface area contributed by atoms with E-state index < -0.39 is 17.9 Å². The summed E-state index contributed by atoms with van der Waals surface area (Å²) in [6.45, 7) is 2.50. The van der Waals surface area contributed by atoms with Gasteiger partial charge in [0, 0.05) is 39.1 Å². The third-order valence-electron chi connectivity index (χ3n) is 6.69. The van der Waals surface area contributed by atoms with Crippen molar-refractivity contribution in [3.8, 4) is 23.8 Å². The van der Waals surface area contributed by atoms with E-state index in [9.17, 15) is 14.4 Å². The molecule has 1 aliphatic rings. The molecule has 0 amide bonds. The Morgan fingerprint density at radius 3 is 1.55 bits per heavy atom. The largest absolute Gasteiger partial charge is 0.497 e. The lowest BCUT2D eigenvalue weighted by atomic mass is 10.2. The molecule has 20 heteroatoms. The van der Waals surface area contributed by atoms with E-state index in [1.807, 2.05) is 48.5 Å². The van der Waals surface area contributed by atoms with Gasteiger partial charge in [-0.05, 0) is 48.2 Å². The predicted molar refractivity (Wildman–Crippen MR) is 213 cm³/mol. The third kappa shape index (κ3) is 21.7. The number of alkyl halides is 1. The number of terminal acetylenes is 1. The molecular weight excluding hydrogens is 778 g/mol. The molecule has 0 unspecified atom stereocenters. The molecule has 0 saturated carbocycles. The van der Waals surface area contributed by atoms with Crippen LogP contribution in [0.1, 0.15) is 58.1 Å². The highest BCUT2D eigenvalue weighted by Gasteiger charge is 2.10. The second-order valence-corrected chi connectivity index (χ2v) is 11.2. The van der Waals surface area contributed by atoms with Crippen LogP contribution in [0.5, 0.6) is 11.5 Å². The van der Waals surface area contributed by atoms with Crippen molar-refractivity contribution in [2.45, 2.75) is 39.3 Å². The van der Waals surface area contributed by atoms with Gasteiger partial charge in [0.2, 0.25) is 0 Å². The molecule has 3 aromatic heterocycles. The molecular formula is C38H52ClN9O10. The van der Waals surface area contributed by atoms with E-state index in [0.29, 0.717) is 18.1 Å². The molecule has 0 spiro atoms. The van der Waals surface area contributed by atoms with Gasteiger partial charge >= 0.3 is 17.9 Å². The minimum atomic E-state index is -0.630. The van der Waals surface area contributed by atoms with Gasteiger partial charge in [0.15, 0.2) is 11.4 Å². The highest BCUT2D eigenvalue weighted by Crippen LogP contribution is 2.13. The Labute approximate surface area is 343 Å². The number of esters is 3. The average molecular weight is 830 g/mol. The number of ether oxygens (including phenoxy) is 6. The zero-order chi connectivity index (χ0) is 42.4. The summed E-state index contributed by atoms with van der Waals surface area (Å²) >= 11 is 5.58. The van der Waals surface area contributed by atoms with Crippen LogP contribution in [0.15, 0.2) is 67.1 Å². The molecule has 58 heavy (non-hydrogen) atoms. The Kier molecular flexibility index (Phi) is 27.4. The normalized spacial score (nSPS) is 10.4. The summed E-state index contributed by atoms with van der Waals surface area (Å²) in [6, 6.07) is 15.3. The Bertz CT molecular complexity index is 1870. The van der Waals surface area contributed by atoms with E-state index in [-0.39, 0.29) is 25.4 Å². The predicted octanol–water partition coefficient (Wildman–Crippen LogP) is 3.69. The number of aliphatic hydroxyl groups is 1. The first-order valence-corrected chi connectivity index (χ1v) is 17.3. The SMILES string of the molecule is C.C#CC(=O)OC.C1CCOC1.COC(=O)c1cn(C)nn1.COC(=O)c1cn(Cc2ccc(OC)cc2)nn1.COc1ccc(CCl)cc1.Cn1cc(CO)nn1. The number of nitrogens with zero attached hydrogens (tertiary/aromatic N) is 9. The molecule has 0 bridgehead atoms. The molecule has 1 saturated heterocycles. The van der Waals surface area contributed by atoms with Crippen LogP contribution in [0.2, 0.25) is 0 Å². The number of methoxy groups -OCH3 is 5. The van der Waals surface area contributed by atoms with Crippen LogP contribution in [0.25, 0.3) is 0 Å². The minimum Gasteiger partial charge on any atom is -0.497 e. The van der Waals surface area contributed by atoms with Crippen LogP contribution in [-0.4, -0.2) is 117 Å². The quantitative estimate of drug-likeness (QED) is 0.0775. The van der Waals surface area contributed by atoms with Gasteiger partial charge in [-0.3, -0.25) is 9.36 Å². The number of benzene rings is 2. The van der Waals surface area contributed by atoms with Crippen molar-refractivity contribution in [2.75, 3.05) is 48.8 Å². The van der Waals surface area contributed by atoms with Crippen molar-refractivity contribution in [2.24, 2.45) is 14.1 Å². The topological polar surface area (TPSA) is 219 Å². The summed E-state index contributed by atoms with van der Waals surface area (Å²) in [6.07, 6.45) is 11.8. The van der Waals surface area contributed by atoms with Gasteiger partial charge in [0.1, 0.15) is 17.2 Å². The summed E-state index contributed by atoms with van der Waals surface area (Å²) < 4.78 is 32.5. The zero-order valence-electron chi connectivity index (χ0n) is 32.9. The lowest BCUT2D eigenvalue weighted by molar-refractivity contribution is -0.133. The van der Waals surface area contributed by atoms with Gasteiger partial charge in [0.05, 0.1) is 67.3 Å². The monoisotopic (exact) mass is 829 g/mol. The van der Waals surface area contributed by atoms with Crippen LogP contribution in [0.4, 0.5) is 0 Å². The number of hydrogen-bond acceptors (Lipinski definition) is 16. The molecule has 6 rings (SSSR count). The molecule has 4 heterocycles. The fraction of sp³-hybridized carbons (Fsp3) is 0.395. The van der Waals surface area contributed by atoms with Crippen LogP contribution < -0.4 is 9.47 Å². The van der Waals surface area contributed by atoms with Crippen LogP contribution in [0, 0.1) is 12.3 Å². The zero-order valence-corrected chi connectivity index (χ0v) is 33.7. The summed E-state index contributed by atoms with van der Waals surface area (Å²) in [5, 5.41) is 30.3. The van der Waals surface area contributed by atoms with E-state index in [4.69, 9.17) is 30.9 Å². The number of rotatable bonds is 8. The van der Waals surface area contributed by atoms with E-state index in [0.717, 1.165) is 35.8 Å². The molecule has 1 fully saturated rings. The summed E-state index contributed by atoms with van der Waals surface area (Å²) in [7, 11) is 10.6. The lowest BCUT2D eigenvalue weighted by Crippen LogP contribution is -2.01. The molecule has 0 radical (unpaired) electrons. The van der Waals surface area contributed by atoms with Gasteiger partial charge in [0.25, 0.3) is 0 Å². The number of aliphatic hydroxyl groups excluding tert-OH is 1. The Morgan fingerprint density at radius 2 is 1.22 bits per heavy atom. The first kappa shape index (κ1) is 51.6. The van der Waals surface area contributed by atoms with E-state index >= 15 is 0 Å². The van der Waals surface area contributed by atoms with Crippen molar-refractivity contribution >= 4 is 29.5 Å². The molecule has 5 aromatic rings. The van der Waals surface area contributed by atoms with Crippen LogP contribution in [0.3, 0.4) is 0 Å². The molecule has 1 N–H and O–H groups in total. The maximum Gasteiger partial charge on any atom is 0.383 e. The van der Waals surface area contributed by atoms with Crippen molar-refractivity contribution < 1.29 is 47.9 Å². The van der Waals surface area contributed by atoms with E-state index in [1.54, 1.807) is 56.0 Å². The first-order chi connectivity index (χ1) is 27.5. The van der Waals surface area contributed by atoms with Gasteiger partial charge in [-0.1, -0.05) is 47.3 Å². The van der Waals surface area contributed by atoms with E-state index in [2.05, 4.69) is 51.6 Å². The number of carbonyl (C=O) groups is 3. The molecule has 19 nitrogen and oxygen atoms in total. The number of hydrogen-bond donors (Lipinski definition) is 1. The second kappa shape index (κ2) is 30.8. The number of aryl methyl sites for hydroxylation is 2. The summed E-state index contributed by atoms with van der Waals surface area (Å²) in [4.78, 5) is 31.6. The fourth-order valence-corrected chi connectivity index (χ4v) is 3.97. The standard InChI is InChI=1S/C12H13N3O3.C8H9ClO.C5H7N3O2.C4H7N3O.C4H4O2.C4H8O.CH4/c1-17-10-5-3-9(4-6-10)7-15-8-11(13-14-15)12(16)18-2;1-10-8-4-2-7(6-9)3-5-8;1-8-3-4(6-7-8)5(9)10-2;1-7-2-4(3-8)5-6-7;1-3-4(5)6-2;1-2-4-5-3-1;/h3-6,8H,7H2,1-2H3;2-5H,6H2,1H3;3H,1-2H3;2,8H,3H2,1H3;1H,2H3;1-4H2;1H4. The number of carbonyl (C=O) groups excluding carboxylic acids is 3. The van der Waals surface area contributed by atoms with Gasteiger partial charge in [-0.25, -0.2) is 19.1 Å².